The highest BCUT2D eigenvalue weighted by atomic mass is 32.2. The van der Waals surface area contributed by atoms with Crippen molar-refractivity contribution in [2.45, 2.75) is 31.2 Å². The summed E-state index contributed by atoms with van der Waals surface area (Å²) in [5.74, 6) is 0.501. The van der Waals surface area contributed by atoms with Crippen LogP contribution in [0.4, 0.5) is 0 Å². The van der Waals surface area contributed by atoms with Crippen molar-refractivity contribution >= 4 is 9.84 Å². The van der Waals surface area contributed by atoms with Gasteiger partial charge in [-0.15, -0.1) is 0 Å². The van der Waals surface area contributed by atoms with Crippen LogP contribution in [0.2, 0.25) is 0 Å². The third-order valence-electron chi connectivity index (χ3n) is 2.81. The molecule has 0 aromatic heterocycles. The van der Waals surface area contributed by atoms with E-state index in [9.17, 15) is 8.42 Å². The van der Waals surface area contributed by atoms with Gasteiger partial charge >= 0.3 is 0 Å². The molecular weight excluding hydrogens is 250 g/mol. The molecule has 1 unspecified atom stereocenters. The summed E-state index contributed by atoms with van der Waals surface area (Å²) in [7, 11) is -1.84. The van der Waals surface area contributed by atoms with Crippen LogP contribution in [0.5, 0.6) is 5.75 Å². The Hall–Kier alpha value is -1.07. The van der Waals surface area contributed by atoms with Crippen LogP contribution >= 0.6 is 0 Å². The van der Waals surface area contributed by atoms with Crippen molar-refractivity contribution in [2.75, 3.05) is 19.4 Å². The molecule has 1 aromatic carbocycles. The molecule has 0 heterocycles. The SMILES string of the molecule is CCNC(CC)CS(=O)(=O)c1ccccc1OC. The summed E-state index contributed by atoms with van der Waals surface area (Å²) >= 11 is 0. The summed E-state index contributed by atoms with van der Waals surface area (Å²) in [6.45, 7) is 4.71. The Morgan fingerprint density at radius 3 is 2.50 bits per heavy atom. The summed E-state index contributed by atoms with van der Waals surface area (Å²) in [6, 6.07) is 6.71. The lowest BCUT2D eigenvalue weighted by molar-refractivity contribution is 0.402. The van der Waals surface area contributed by atoms with Gasteiger partial charge in [0.2, 0.25) is 0 Å². The number of methoxy groups -OCH3 is 1. The van der Waals surface area contributed by atoms with Crippen molar-refractivity contribution in [3.63, 3.8) is 0 Å². The minimum absolute atomic E-state index is 0.0232. The van der Waals surface area contributed by atoms with Crippen LogP contribution in [0.3, 0.4) is 0 Å². The summed E-state index contributed by atoms with van der Waals surface area (Å²) in [4.78, 5) is 0.267. The van der Waals surface area contributed by atoms with Crippen molar-refractivity contribution in [3.8, 4) is 5.75 Å². The summed E-state index contributed by atoms with van der Waals surface area (Å²) < 4.78 is 29.8. The summed E-state index contributed by atoms with van der Waals surface area (Å²) in [6.07, 6.45) is 0.780. The van der Waals surface area contributed by atoms with Gasteiger partial charge in [0.05, 0.1) is 12.9 Å². The van der Waals surface area contributed by atoms with E-state index in [1.807, 2.05) is 13.8 Å². The molecule has 0 saturated carbocycles. The Labute approximate surface area is 109 Å². The average molecular weight is 271 g/mol. The third kappa shape index (κ3) is 3.71. The van der Waals surface area contributed by atoms with E-state index in [-0.39, 0.29) is 16.7 Å². The zero-order valence-corrected chi connectivity index (χ0v) is 12.0. The first-order valence-electron chi connectivity index (χ1n) is 6.14. The lowest BCUT2D eigenvalue weighted by Crippen LogP contribution is -2.35. The third-order valence-corrected chi connectivity index (χ3v) is 4.66. The highest BCUT2D eigenvalue weighted by Gasteiger charge is 2.22. The first kappa shape index (κ1) is 15.0. The van der Waals surface area contributed by atoms with E-state index < -0.39 is 9.84 Å². The second-order valence-electron chi connectivity index (χ2n) is 4.10. The van der Waals surface area contributed by atoms with Gasteiger partial charge in [0, 0.05) is 6.04 Å². The molecule has 18 heavy (non-hydrogen) atoms. The van der Waals surface area contributed by atoms with Crippen molar-refractivity contribution < 1.29 is 13.2 Å². The molecule has 0 fully saturated rings. The number of ether oxygens (including phenoxy) is 1. The molecule has 102 valence electrons. The maximum atomic E-state index is 12.3. The number of nitrogens with one attached hydrogen (secondary N) is 1. The molecule has 1 aromatic rings. The Bertz CT molecular complexity index is 471. The van der Waals surface area contributed by atoms with Crippen LogP contribution < -0.4 is 10.1 Å². The first-order chi connectivity index (χ1) is 8.55. The number of hydrogen-bond donors (Lipinski definition) is 1. The fraction of sp³-hybridized carbons (Fsp3) is 0.538. The minimum atomic E-state index is -3.32. The number of para-hydroxylation sites is 1. The molecule has 0 radical (unpaired) electrons. The standard InChI is InChI=1S/C13H21NO3S/c1-4-11(14-5-2)10-18(15,16)13-9-7-6-8-12(13)17-3/h6-9,11,14H,4-5,10H2,1-3H3. The molecule has 0 aliphatic rings. The predicted molar refractivity (Wildman–Crippen MR) is 72.8 cm³/mol. The molecule has 4 nitrogen and oxygen atoms in total. The first-order valence-corrected chi connectivity index (χ1v) is 7.79. The van der Waals surface area contributed by atoms with Gasteiger partial charge in [0.15, 0.2) is 9.84 Å². The van der Waals surface area contributed by atoms with Crippen molar-refractivity contribution in [1.29, 1.82) is 0 Å². The molecule has 0 spiro atoms. The van der Waals surface area contributed by atoms with Gasteiger partial charge < -0.3 is 10.1 Å². The van der Waals surface area contributed by atoms with Crippen LogP contribution in [0.15, 0.2) is 29.2 Å². The van der Waals surface area contributed by atoms with Crippen molar-refractivity contribution in [1.82, 2.24) is 5.32 Å². The van der Waals surface area contributed by atoms with Crippen LogP contribution in [0.25, 0.3) is 0 Å². The Balaban J connectivity index is 2.98. The van der Waals surface area contributed by atoms with Crippen LogP contribution in [-0.4, -0.2) is 33.9 Å². The summed E-state index contributed by atoms with van der Waals surface area (Å²) in [5, 5.41) is 3.18. The fourth-order valence-electron chi connectivity index (χ4n) is 1.84. The van der Waals surface area contributed by atoms with Gasteiger partial charge in [-0.3, -0.25) is 0 Å². The van der Waals surface area contributed by atoms with Gasteiger partial charge in [-0.05, 0) is 25.1 Å². The second kappa shape index (κ2) is 6.75. The highest BCUT2D eigenvalue weighted by molar-refractivity contribution is 7.91. The number of sulfone groups is 1. The maximum absolute atomic E-state index is 12.3. The molecule has 0 bridgehead atoms. The van der Waals surface area contributed by atoms with Crippen molar-refractivity contribution in [2.24, 2.45) is 0 Å². The number of rotatable bonds is 7. The van der Waals surface area contributed by atoms with Crippen LogP contribution in [-0.2, 0) is 9.84 Å². The van der Waals surface area contributed by atoms with E-state index in [1.54, 1.807) is 24.3 Å². The number of hydrogen-bond acceptors (Lipinski definition) is 4. The van der Waals surface area contributed by atoms with E-state index in [4.69, 9.17) is 4.74 Å². The Morgan fingerprint density at radius 1 is 1.28 bits per heavy atom. The maximum Gasteiger partial charge on any atom is 0.183 e. The predicted octanol–water partition coefficient (Wildman–Crippen LogP) is 1.86. The average Bonchev–Trinajstić information content (AvgIpc) is 2.38. The highest BCUT2D eigenvalue weighted by Crippen LogP contribution is 2.24. The second-order valence-corrected chi connectivity index (χ2v) is 6.10. The molecule has 1 rings (SSSR count). The lowest BCUT2D eigenvalue weighted by atomic mass is 10.2. The minimum Gasteiger partial charge on any atom is -0.495 e. The molecule has 1 atom stereocenters. The summed E-state index contributed by atoms with van der Waals surface area (Å²) in [5.41, 5.74) is 0. The zero-order valence-electron chi connectivity index (χ0n) is 11.1. The lowest BCUT2D eigenvalue weighted by Gasteiger charge is -2.17. The van der Waals surface area contributed by atoms with Gasteiger partial charge in [-0.1, -0.05) is 26.0 Å². The molecule has 5 heteroatoms. The van der Waals surface area contributed by atoms with Crippen molar-refractivity contribution in [3.05, 3.63) is 24.3 Å². The Morgan fingerprint density at radius 2 is 1.94 bits per heavy atom. The molecule has 0 amide bonds. The van der Waals surface area contributed by atoms with Gasteiger partial charge in [-0.25, -0.2) is 8.42 Å². The smallest absolute Gasteiger partial charge is 0.183 e. The van der Waals surface area contributed by atoms with Gasteiger partial charge in [0.25, 0.3) is 0 Å². The largest absolute Gasteiger partial charge is 0.495 e. The normalized spacial score (nSPS) is 13.3. The molecule has 0 aliphatic carbocycles. The van der Waals surface area contributed by atoms with Gasteiger partial charge in [0.1, 0.15) is 10.6 Å². The van der Waals surface area contributed by atoms with Crippen LogP contribution in [0, 0.1) is 0 Å². The monoisotopic (exact) mass is 271 g/mol. The topological polar surface area (TPSA) is 55.4 Å². The van der Waals surface area contributed by atoms with E-state index >= 15 is 0 Å². The fourth-order valence-corrected chi connectivity index (χ4v) is 3.65. The molecular formula is C13H21NO3S. The van der Waals surface area contributed by atoms with Crippen LogP contribution in [0.1, 0.15) is 20.3 Å². The van der Waals surface area contributed by atoms with E-state index in [2.05, 4.69) is 5.32 Å². The zero-order chi connectivity index (χ0) is 13.6. The molecule has 1 N–H and O–H groups in total. The molecule has 0 saturated heterocycles. The van der Waals surface area contributed by atoms with E-state index in [0.29, 0.717) is 5.75 Å². The quantitative estimate of drug-likeness (QED) is 0.822. The van der Waals surface area contributed by atoms with E-state index in [0.717, 1.165) is 13.0 Å². The Kier molecular flexibility index (Phi) is 5.62. The molecule has 0 aliphatic heterocycles. The van der Waals surface area contributed by atoms with Gasteiger partial charge in [-0.2, -0.15) is 0 Å². The van der Waals surface area contributed by atoms with E-state index in [1.165, 1.54) is 7.11 Å². The number of benzene rings is 1.